The van der Waals surface area contributed by atoms with Gasteiger partial charge in [-0.1, -0.05) is 71.6 Å². The number of fused-ring (bicyclic) bond motifs is 1. The van der Waals surface area contributed by atoms with Crippen LogP contribution < -0.4 is 21.3 Å². The van der Waals surface area contributed by atoms with Crippen LogP contribution in [-0.4, -0.2) is 90.1 Å². The Hall–Kier alpha value is -2.70. The Balaban J connectivity index is 1.35. The third-order valence-corrected chi connectivity index (χ3v) is 13.9. The van der Waals surface area contributed by atoms with Gasteiger partial charge in [0.15, 0.2) is 9.84 Å². The van der Waals surface area contributed by atoms with E-state index in [4.69, 9.17) is 0 Å². The van der Waals surface area contributed by atoms with Gasteiger partial charge in [0, 0.05) is 12.6 Å². The number of carbonyl (C=O) groups is 5. The highest BCUT2D eigenvalue weighted by atomic mass is 32.2. The second-order valence-electron chi connectivity index (χ2n) is 15.5. The van der Waals surface area contributed by atoms with Gasteiger partial charge in [-0.25, -0.2) is 13.2 Å². The number of nitrogens with one attached hydrogen (secondary N) is 4. The van der Waals surface area contributed by atoms with E-state index in [1.165, 1.54) is 0 Å². The van der Waals surface area contributed by atoms with Crippen molar-refractivity contribution >= 4 is 39.4 Å². The molecule has 270 valence electrons. The minimum absolute atomic E-state index is 0.0198. The lowest BCUT2D eigenvalue weighted by molar-refractivity contribution is -0.143. The van der Waals surface area contributed by atoms with Gasteiger partial charge in [0.1, 0.15) is 12.1 Å². The fourth-order valence-electron chi connectivity index (χ4n) is 8.43. The molecule has 0 aromatic rings. The molecule has 3 heterocycles. The number of Topliss-reactive ketones (excluding diaryl/α,β-unsaturated/α-hetero) is 1. The van der Waals surface area contributed by atoms with Crippen molar-refractivity contribution in [1.29, 1.82) is 0 Å². The molecule has 2 saturated carbocycles. The molecule has 0 spiro atoms. The molecule has 5 amide bonds. The lowest BCUT2D eigenvalue weighted by Crippen LogP contribution is -2.63. The van der Waals surface area contributed by atoms with Gasteiger partial charge in [-0.05, 0) is 69.6 Å². The molecule has 5 rings (SSSR count). The van der Waals surface area contributed by atoms with Crippen molar-refractivity contribution in [1.82, 2.24) is 26.2 Å². The smallest absolute Gasteiger partial charge is 0.315 e. The van der Waals surface area contributed by atoms with E-state index in [1.807, 2.05) is 0 Å². The van der Waals surface area contributed by atoms with Crippen molar-refractivity contribution in [2.75, 3.05) is 12.3 Å². The van der Waals surface area contributed by atoms with Crippen LogP contribution in [0.15, 0.2) is 0 Å². The Kier molecular flexibility index (Phi) is 12.1. The van der Waals surface area contributed by atoms with Crippen LogP contribution in [0.1, 0.15) is 129 Å². The molecule has 3 aliphatic heterocycles. The van der Waals surface area contributed by atoms with Crippen molar-refractivity contribution in [3.05, 3.63) is 0 Å². The zero-order valence-electron chi connectivity index (χ0n) is 28.9. The summed E-state index contributed by atoms with van der Waals surface area (Å²) < 4.78 is 26.1. The van der Waals surface area contributed by atoms with E-state index < -0.39 is 62.4 Å². The highest BCUT2D eigenvalue weighted by Gasteiger charge is 2.50. The average Bonchev–Trinajstić information content (AvgIpc) is 3.60. The first kappa shape index (κ1) is 36.6. The summed E-state index contributed by atoms with van der Waals surface area (Å²) in [5.41, 5.74) is -0.854. The first-order chi connectivity index (χ1) is 22.9. The molecule has 0 bridgehead atoms. The molecule has 0 aromatic carbocycles. The van der Waals surface area contributed by atoms with E-state index in [1.54, 1.807) is 4.90 Å². The van der Waals surface area contributed by atoms with Gasteiger partial charge in [-0.3, -0.25) is 19.2 Å². The monoisotopic (exact) mass is 691 g/mol. The fourth-order valence-corrected chi connectivity index (χ4v) is 10.8. The maximum absolute atomic E-state index is 14.4. The van der Waals surface area contributed by atoms with Gasteiger partial charge in [0.25, 0.3) is 5.91 Å². The van der Waals surface area contributed by atoms with Crippen LogP contribution in [0, 0.1) is 11.8 Å². The lowest BCUT2D eigenvalue weighted by Gasteiger charge is -2.42. The number of sulfone groups is 1. The molecule has 4 N–H and O–H groups in total. The van der Waals surface area contributed by atoms with Crippen molar-refractivity contribution in [2.45, 2.75) is 164 Å². The van der Waals surface area contributed by atoms with E-state index in [-0.39, 0.29) is 29.5 Å². The minimum Gasteiger partial charge on any atom is -0.347 e. The number of rotatable bonds is 7. The maximum Gasteiger partial charge on any atom is 0.315 e. The van der Waals surface area contributed by atoms with Crippen molar-refractivity contribution in [3.8, 4) is 0 Å². The highest BCUT2D eigenvalue weighted by molar-refractivity contribution is 7.92. The van der Waals surface area contributed by atoms with Crippen molar-refractivity contribution < 1.29 is 32.4 Å². The summed E-state index contributed by atoms with van der Waals surface area (Å²) in [6, 6.07) is -3.21. The standard InChI is InChI=1S/C35H57N5O7S/c1-23(2)24-21-28-31(42)37-26(30(41)32(43)36-25-16-17-25)13-8-5-3-4-6-9-14-27(33(44)40(28)22-24)38-34(45)39-35(18-10-7-11-19-35)29-15-12-20-48(29,46)47/h23-29H,3-22H2,1-2H3,(H,36,43)(H,37,42)(H2,38,39,45)/t24-,26+,27+,28+,29+/m1/s1. The Morgan fingerprint density at radius 2 is 1.48 bits per heavy atom. The summed E-state index contributed by atoms with van der Waals surface area (Å²) in [5, 5.41) is 11.0. The van der Waals surface area contributed by atoms with Crippen LogP contribution >= 0.6 is 0 Å². The quantitative estimate of drug-likeness (QED) is 0.297. The molecule has 5 atom stereocenters. The Labute approximate surface area is 286 Å². The van der Waals surface area contributed by atoms with Crippen LogP contribution in [-0.2, 0) is 29.0 Å². The SMILES string of the molecule is CC(C)[C@@H]1C[C@H]2C(=O)N[C@H](C(=O)C(=O)NC3CC3)CCCCCCCC[C@H](NC(=O)NC3([C@@H]4CCCS4(=O)=O)CCCCC3)C(=O)N2C1. The lowest BCUT2D eigenvalue weighted by atomic mass is 9.78. The van der Waals surface area contributed by atoms with Gasteiger partial charge in [0.05, 0.1) is 22.6 Å². The van der Waals surface area contributed by atoms with E-state index in [9.17, 15) is 32.4 Å². The topological polar surface area (TPSA) is 171 Å². The molecule has 5 aliphatic rings. The van der Waals surface area contributed by atoms with Gasteiger partial charge in [-0.2, -0.15) is 0 Å². The Bertz CT molecular complexity index is 1310. The van der Waals surface area contributed by atoms with Gasteiger partial charge < -0.3 is 26.2 Å². The fraction of sp³-hybridized carbons (Fsp3) is 0.857. The van der Waals surface area contributed by atoms with Gasteiger partial charge >= 0.3 is 6.03 Å². The van der Waals surface area contributed by atoms with E-state index >= 15 is 0 Å². The molecule has 2 aliphatic carbocycles. The zero-order chi connectivity index (χ0) is 34.5. The number of urea groups is 1. The van der Waals surface area contributed by atoms with E-state index in [0.29, 0.717) is 64.3 Å². The van der Waals surface area contributed by atoms with E-state index in [0.717, 1.165) is 57.8 Å². The van der Waals surface area contributed by atoms with Crippen LogP contribution in [0.2, 0.25) is 0 Å². The first-order valence-electron chi connectivity index (χ1n) is 18.7. The second-order valence-corrected chi connectivity index (χ2v) is 17.8. The maximum atomic E-state index is 14.4. The van der Waals surface area contributed by atoms with E-state index in [2.05, 4.69) is 35.1 Å². The molecule has 0 aromatic heterocycles. The van der Waals surface area contributed by atoms with Crippen LogP contribution in [0.25, 0.3) is 0 Å². The zero-order valence-corrected chi connectivity index (χ0v) is 29.7. The average molecular weight is 692 g/mol. The van der Waals surface area contributed by atoms with Gasteiger partial charge in [0.2, 0.25) is 17.6 Å². The minimum atomic E-state index is -3.33. The summed E-state index contributed by atoms with van der Waals surface area (Å²) in [5.74, 6) is -1.73. The van der Waals surface area contributed by atoms with Crippen LogP contribution in [0.3, 0.4) is 0 Å². The molecule has 5 fully saturated rings. The second kappa shape index (κ2) is 15.9. The molecule has 13 heteroatoms. The number of amides is 5. The van der Waals surface area contributed by atoms with Crippen molar-refractivity contribution in [3.63, 3.8) is 0 Å². The van der Waals surface area contributed by atoms with Crippen LogP contribution in [0.5, 0.6) is 0 Å². The predicted molar refractivity (Wildman–Crippen MR) is 182 cm³/mol. The largest absolute Gasteiger partial charge is 0.347 e. The molecule has 3 saturated heterocycles. The summed E-state index contributed by atoms with van der Waals surface area (Å²) in [6.07, 6.45) is 12.8. The molecular weight excluding hydrogens is 634 g/mol. The molecule has 0 radical (unpaired) electrons. The number of hydrogen-bond acceptors (Lipinski definition) is 7. The molecule has 0 unspecified atom stereocenters. The third kappa shape index (κ3) is 8.90. The van der Waals surface area contributed by atoms with Crippen molar-refractivity contribution in [2.24, 2.45) is 11.8 Å². The molecular formula is C35H57N5O7S. The number of hydrogen-bond donors (Lipinski definition) is 4. The summed E-state index contributed by atoms with van der Waals surface area (Å²) in [7, 11) is -3.33. The third-order valence-electron chi connectivity index (χ3n) is 11.5. The number of nitrogens with zero attached hydrogens (tertiary/aromatic N) is 1. The summed E-state index contributed by atoms with van der Waals surface area (Å²) in [6.45, 7) is 4.45. The number of ketones is 1. The summed E-state index contributed by atoms with van der Waals surface area (Å²) >= 11 is 0. The Morgan fingerprint density at radius 3 is 2.10 bits per heavy atom. The first-order valence-corrected chi connectivity index (χ1v) is 20.4. The Morgan fingerprint density at radius 1 is 0.833 bits per heavy atom. The number of carbonyl (C=O) groups excluding carboxylic acids is 5. The van der Waals surface area contributed by atoms with Gasteiger partial charge in [-0.15, -0.1) is 0 Å². The predicted octanol–water partition coefficient (Wildman–Crippen LogP) is 3.27. The molecule has 12 nitrogen and oxygen atoms in total. The molecule has 48 heavy (non-hydrogen) atoms. The highest BCUT2D eigenvalue weighted by Crippen LogP contribution is 2.39. The van der Waals surface area contributed by atoms with Crippen LogP contribution in [0.4, 0.5) is 4.79 Å². The summed E-state index contributed by atoms with van der Waals surface area (Å²) in [4.78, 5) is 69.6. The normalized spacial score (nSPS) is 31.6.